The third-order valence-corrected chi connectivity index (χ3v) is 3.94. The second kappa shape index (κ2) is 6.35. The number of hydrogen-bond acceptors (Lipinski definition) is 2. The molecule has 0 radical (unpaired) electrons. The summed E-state index contributed by atoms with van der Waals surface area (Å²) in [7, 11) is 0. The van der Waals surface area contributed by atoms with Crippen LogP contribution in [0.5, 0.6) is 0 Å². The van der Waals surface area contributed by atoms with Crippen molar-refractivity contribution in [2.24, 2.45) is 5.92 Å². The molecule has 19 heavy (non-hydrogen) atoms. The fraction of sp³-hybridized carbons (Fsp3) is 0.500. The van der Waals surface area contributed by atoms with Crippen LogP contribution in [0.25, 0.3) is 0 Å². The fourth-order valence-corrected chi connectivity index (χ4v) is 2.68. The van der Waals surface area contributed by atoms with Crippen molar-refractivity contribution in [1.29, 1.82) is 0 Å². The van der Waals surface area contributed by atoms with Crippen LogP contribution in [0.15, 0.2) is 18.2 Å². The number of benzene rings is 1. The zero-order valence-electron chi connectivity index (χ0n) is 10.6. The van der Waals surface area contributed by atoms with Crippen molar-refractivity contribution in [2.75, 3.05) is 13.1 Å². The molecular weight excluding hydrogens is 269 g/mol. The van der Waals surface area contributed by atoms with Crippen molar-refractivity contribution in [1.82, 2.24) is 4.90 Å². The van der Waals surface area contributed by atoms with Crippen LogP contribution >= 0.6 is 11.6 Å². The van der Waals surface area contributed by atoms with Gasteiger partial charge in [0.15, 0.2) is 0 Å². The molecule has 0 unspecified atom stereocenters. The van der Waals surface area contributed by atoms with Gasteiger partial charge in [0, 0.05) is 18.0 Å². The largest absolute Gasteiger partial charge is 0.481 e. The first-order chi connectivity index (χ1) is 9.04. The first-order valence-electron chi connectivity index (χ1n) is 6.42. The SMILES string of the molecule is O=C(O)CC1CCN(Cc2cc(F)ccc2Cl)CC1. The minimum atomic E-state index is -0.730. The molecule has 1 N–H and O–H groups in total. The van der Waals surface area contributed by atoms with Crippen LogP contribution in [0.4, 0.5) is 4.39 Å². The van der Waals surface area contributed by atoms with Crippen molar-refractivity contribution in [3.8, 4) is 0 Å². The van der Waals surface area contributed by atoms with Crippen LogP contribution in [-0.4, -0.2) is 29.1 Å². The van der Waals surface area contributed by atoms with Crippen molar-refractivity contribution >= 4 is 17.6 Å². The smallest absolute Gasteiger partial charge is 0.303 e. The minimum Gasteiger partial charge on any atom is -0.481 e. The maximum atomic E-state index is 13.2. The van der Waals surface area contributed by atoms with Crippen LogP contribution in [-0.2, 0) is 11.3 Å². The Labute approximate surface area is 117 Å². The van der Waals surface area contributed by atoms with Gasteiger partial charge in [-0.3, -0.25) is 9.69 Å². The normalized spacial score (nSPS) is 17.6. The molecule has 1 aliphatic rings. The molecule has 0 amide bonds. The molecule has 1 heterocycles. The highest BCUT2D eigenvalue weighted by molar-refractivity contribution is 6.31. The van der Waals surface area contributed by atoms with Gasteiger partial charge in [-0.25, -0.2) is 4.39 Å². The summed E-state index contributed by atoms with van der Waals surface area (Å²) in [5.41, 5.74) is 0.790. The van der Waals surface area contributed by atoms with Gasteiger partial charge >= 0.3 is 5.97 Å². The van der Waals surface area contributed by atoms with Gasteiger partial charge in [0.2, 0.25) is 0 Å². The molecule has 3 nitrogen and oxygen atoms in total. The van der Waals surface area contributed by atoms with Crippen molar-refractivity contribution in [3.63, 3.8) is 0 Å². The van der Waals surface area contributed by atoms with Gasteiger partial charge in [0.25, 0.3) is 0 Å². The molecule has 1 saturated heterocycles. The number of carbonyl (C=O) groups is 1. The molecular formula is C14H17ClFNO2. The average molecular weight is 286 g/mol. The summed E-state index contributed by atoms with van der Waals surface area (Å²) in [5.74, 6) is -0.747. The van der Waals surface area contributed by atoms with E-state index in [1.165, 1.54) is 12.1 Å². The predicted molar refractivity (Wildman–Crippen MR) is 71.7 cm³/mol. The maximum absolute atomic E-state index is 13.2. The summed E-state index contributed by atoms with van der Waals surface area (Å²) in [4.78, 5) is 12.8. The molecule has 0 bridgehead atoms. The molecule has 0 aromatic heterocycles. The zero-order chi connectivity index (χ0) is 13.8. The second-order valence-corrected chi connectivity index (χ2v) is 5.46. The molecule has 0 atom stereocenters. The summed E-state index contributed by atoms with van der Waals surface area (Å²) >= 11 is 6.04. The van der Waals surface area contributed by atoms with E-state index >= 15 is 0 Å². The Balaban J connectivity index is 1.88. The van der Waals surface area contributed by atoms with Gasteiger partial charge in [-0.1, -0.05) is 11.6 Å². The predicted octanol–water partition coefficient (Wildman–Crippen LogP) is 3.17. The third-order valence-electron chi connectivity index (χ3n) is 3.57. The molecule has 2 rings (SSSR count). The van der Waals surface area contributed by atoms with Crippen LogP contribution in [0.2, 0.25) is 5.02 Å². The van der Waals surface area contributed by atoms with E-state index in [-0.39, 0.29) is 18.2 Å². The van der Waals surface area contributed by atoms with E-state index in [4.69, 9.17) is 16.7 Å². The second-order valence-electron chi connectivity index (χ2n) is 5.05. The quantitative estimate of drug-likeness (QED) is 0.924. The van der Waals surface area contributed by atoms with E-state index in [1.54, 1.807) is 6.07 Å². The Bertz CT molecular complexity index is 459. The van der Waals surface area contributed by atoms with Gasteiger partial charge < -0.3 is 5.11 Å². The van der Waals surface area contributed by atoms with Gasteiger partial charge in [0.05, 0.1) is 0 Å². The first-order valence-corrected chi connectivity index (χ1v) is 6.80. The van der Waals surface area contributed by atoms with E-state index < -0.39 is 5.97 Å². The number of rotatable bonds is 4. The molecule has 1 aliphatic heterocycles. The number of halogens is 2. The molecule has 0 aliphatic carbocycles. The molecule has 104 valence electrons. The Hall–Kier alpha value is -1.13. The molecule has 1 aromatic carbocycles. The highest BCUT2D eigenvalue weighted by Gasteiger charge is 2.21. The Kier molecular flexibility index (Phi) is 4.77. The van der Waals surface area contributed by atoms with E-state index in [2.05, 4.69) is 4.90 Å². The number of likely N-dealkylation sites (tertiary alicyclic amines) is 1. The zero-order valence-corrected chi connectivity index (χ0v) is 11.4. The summed E-state index contributed by atoms with van der Waals surface area (Å²) in [6.07, 6.45) is 1.99. The summed E-state index contributed by atoms with van der Waals surface area (Å²) in [5, 5.41) is 9.34. The lowest BCUT2D eigenvalue weighted by Crippen LogP contribution is -2.34. The van der Waals surface area contributed by atoms with Crippen LogP contribution in [0, 0.1) is 11.7 Å². The lowest BCUT2D eigenvalue weighted by Gasteiger charge is -2.31. The summed E-state index contributed by atoms with van der Waals surface area (Å²) in [6.45, 7) is 2.30. The summed E-state index contributed by atoms with van der Waals surface area (Å²) in [6, 6.07) is 4.39. The number of carboxylic acids is 1. The number of hydrogen-bond donors (Lipinski definition) is 1. The monoisotopic (exact) mass is 285 g/mol. The van der Waals surface area contributed by atoms with Gasteiger partial charge in [-0.15, -0.1) is 0 Å². The molecule has 1 aromatic rings. The van der Waals surface area contributed by atoms with Gasteiger partial charge in [0.1, 0.15) is 5.82 Å². The standard InChI is InChI=1S/C14H17ClFNO2/c15-13-2-1-12(16)8-11(13)9-17-5-3-10(4-6-17)7-14(18)19/h1-2,8,10H,3-7,9H2,(H,18,19). The number of piperidine rings is 1. The lowest BCUT2D eigenvalue weighted by atomic mass is 9.93. The third kappa shape index (κ3) is 4.18. The van der Waals surface area contributed by atoms with Gasteiger partial charge in [-0.2, -0.15) is 0 Å². The number of aliphatic carboxylic acids is 1. The highest BCUT2D eigenvalue weighted by atomic mass is 35.5. The van der Waals surface area contributed by atoms with E-state index in [1.807, 2.05) is 0 Å². The molecule has 1 fully saturated rings. The van der Waals surface area contributed by atoms with Crippen molar-refractivity contribution in [3.05, 3.63) is 34.6 Å². The molecule has 5 heteroatoms. The topological polar surface area (TPSA) is 40.5 Å². The first kappa shape index (κ1) is 14.3. The van der Waals surface area contributed by atoms with Crippen LogP contribution in [0.3, 0.4) is 0 Å². The van der Waals surface area contributed by atoms with E-state index in [9.17, 15) is 9.18 Å². The molecule has 0 spiro atoms. The highest BCUT2D eigenvalue weighted by Crippen LogP contribution is 2.24. The van der Waals surface area contributed by atoms with E-state index in [0.29, 0.717) is 11.6 Å². The Morgan fingerprint density at radius 1 is 1.42 bits per heavy atom. The maximum Gasteiger partial charge on any atom is 0.303 e. The minimum absolute atomic E-state index is 0.245. The summed E-state index contributed by atoms with van der Waals surface area (Å²) < 4.78 is 13.2. The van der Waals surface area contributed by atoms with Crippen molar-refractivity contribution in [2.45, 2.75) is 25.8 Å². The Morgan fingerprint density at radius 2 is 2.11 bits per heavy atom. The Morgan fingerprint density at radius 3 is 2.74 bits per heavy atom. The lowest BCUT2D eigenvalue weighted by molar-refractivity contribution is -0.138. The average Bonchev–Trinajstić information content (AvgIpc) is 2.35. The van der Waals surface area contributed by atoms with Crippen LogP contribution in [0.1, 0.15) is 24.8 Å². The fourth-order valence-electron chi connectivity index (χ4n) is 2.50. The van der Waals surface area contributed by atoms with Crippen molar-refractivity contribution < 1.29 is 14.3 Å². The van der Waals surface area contributed by atoms with E-state index in [0.717, 1.165) is 31.5 Å². The van der Waals surface area contributed by atoms with Crippen LogP contribution < -0.4 is 0 Å². The molecule has 0 saturated carbocycles. The van der Waals surface area contributed by atoms with Gasteiger partial charge in [-0.05, 0) is 55.6 Å². The number of carboxylic acid groups (broad SMARTS) is 1. The number of nitrogens with zero attached hydrogens (tertiary/aromatic N) is 1.